The van der Waals surface area contributed by atoms with Gasteiger partial charge in [-0.25, -0.2) is 4.79 Å². The van der Waals surface area contributed by atoms with E-state index in [9.17, 15) is 9.59 Å². The SMILES string of the molecule is CC(C)(C)OC(=O)NCCCC[C@@H](N)C(=O)O.Cl. The zero-order valence-electron chi connectivity index (χ0n) is 11.1. The van der Waals surface area contributed by atoms with E-state index in [2.05, 4.69) is 5.32 Å². The van der Waals surface area contributed by atoms with E-state index in [0.717, 1.165) is 0 Å². The Morgan fingerprint density at radius 1 is 1.33 bits per heavy atom. The minimum absolute atomic E-state index is 0. The van der Waals surface area contributed by atoms with Gasteiger partial charge >= 0.3 is 12.1 Å². The summed E-state index contributed by atoms with van der Waals surface area (Å²) in [5, 5.41) is 11.1. The fraction of sp³-hybridized carbons (Fsp3) is 0.818. The topological polar surface area (TPSA) is 102 Å². The number of carbonyl (C=O) groups is 2. The number of unbranched alkanes of at least 4 members (excludes halogenated alkanes) is 1. The van der Waals surface area contributed by atoms with Gasteiger partial charge in [0.15, 0.2) is 0 Å². The molecule has 0 aromatic heterocycles. The molecular formula is C11H23ClN2O4. The van der Waals surface area contributed by atoms with Gasteiger partial charge in [-0.3, -0.25) is 4.79 Å². The molecule has 0 radical (unpaired) electrons. The van der Waals surface area contributed by atoms with Crippen LogP contribution in [0.15, 0.2) is 0 Å². The third-order valence-electron chi connectivity index (χ3n) is 1.93. The van der Waals surface area contributed by atoms with Crippen LogP contribution in [0.2, 0.25) is 0 Å². The van der Waals surface area contributed by atoms with Crippen LogP contribution in [0.1, 0.15) is 40.0 Å². The van der Waals surface area contributed by atoms with Crippen LogP contribution in [0.5, 0.6) is 0 Å². The monoisotopic (exact) mass is 282 g/mol. The van der Waals surface area contributed by atoms with Crippen LogP contribution in [0.25, 0.3) is 0 Å². The molecule has 108 valence electrons. The smallest absolute Gasteiger partial charge is 0.407 e. The summed E-state index contributed by atoms with van der Waals surface area (Å²) in [6, 6.07) is -0.823. The van der Waals surface area contributed by atoms with Crippen molar-refractivity contribution in [3.8, 4) is 0 Å². The molecule has 0 aliphatic heterocycles. The molecule has 0 aromatic rings. The Balaban J connectivity index is 0. The van der Waals surface area contributed by atoms with E-state index >= 15 is 0 Å². The number of aliphatic carboxylic acids is 1. The molecule has 0 saturated heterocycles. The first kappa shape index (κ1) is 19.3. The predicted molar refractivity (Wildman–Crippen MR) is 70.9 cm³/mol. The number of hydrogen-bond donors (Lipinski definition) is 3. The number of carboxylic acids is 1. The zero-order chi connectivity index (χ0) is 13.5. The number of amides is 1. The molecule has 0 unspecified atom stereocenters. The predicted octanol–water partition coefficient (Wildman–Crippen LogP) is 1.52. The Labute approximate surface area is 114 Å². The maximum Gasteiger partial charge on any atom is 0.407 e. The summed E-state index contributed by atoms with van der Waals surface area (Å²) in [5.41, 5.74) is 4.83. The number of hydrogen-bond acceptors (Lipinski definition) is 4. The van der Waals surface area contributed by atoms with Gasteiger partial charge in [-0.2, -0.15) is 0 Å². The average Bonchev–Trinajstić information content (AvgIpc) is 2.13. The number of nitrogens with one attached hydrogen (secondary N) is 1. The van der Waals surface area contributed by atoms with E-state index in [4.69, 9.17) is 15.6 Å². The zero-order valence-corrected chi connectivity index (χ0v) is 11.9. The highest BCUT2D eigenvalue weighted by Crippen LogP contribution is 2.06. The highest BCUT2D eigenvalue weighted by Gasteiger charge is 2.15. The standard InChI is InChI=1S/C11H22N2O4.ClH/c1-11(2,3)17-10(16)13-7-5-4-6-8(12)9(14)15;/h8H,4-7,12H2,1-3H3,(H,13,16)(H,14,15);1H/t8-;/m1./s1. The van der Waals surface area contributed by atoms with Crippen molar-refractivity contribution in [3.05, 3.63) is 0 Å². The second-order valence-corrected chi connectivity index (χ2v) is 4.87. The summed E-state index contributed by atoms with van der Waals surface area (Å²) >= 11 is 0. The second-order valence-electron chi connectivity index (χ2n) is 4.87. The Kier molecular flexibility index (Phi) is 9.66. The van der Waals surface area contributed by atoms with Crippen molar-refractivity contribution >= 4 is 24.5 Å². The first-order valence-corrected chi connectivity index (χ1v) is 5.67. The lowest BCUT2D eigenvalue weighted by atomic mass is 10.1. The Morgan fingerprint density at radius 2 is 1.89 bits per heavy atom. The molecule has 4 N–H and O–H groups in total. The molecule has 0 rings (SSSR count). The van der Waals surface area contributed by atoms with Gasteiger partial charge < -0.3 is 20.9 Å². The molecule has 1 amide bonds. The molecule has 0 aliphatic rings. The van der Waals surface area contributed by atoms with Crippen molar-refractivity contribution in [1.29, 1.82) is 0 Å². The summed E-state index contributed by atoms with van der Waals surface area (Å²) in [4.78, 5) is 21.6. The lowest BCUT2D eigenvalue weighted by molar-refractivity contribution is -0.138. The fourth-order valence-corrected chi connectivity index (χ4v) is 1.12. The summed E-state index contributed by atoms with van der Waals surface area (Å²) < 4.78 is 5.03. The lowest BCUT2D eigenvalue weighted by Crippen LogP contribution is -2.33. The largest absolute Gasteiger partial charge is 0.480 e. The Bertz CT molecular complexity index is 266. The molecule has 0 spiro atoms. The number of halogens is 1. The molecule has 1 atom stereocenters. The van der Waals surface area contributed by atoms with E-state index in [1.54, 1.807) is 20.8 Å². The van der Waals surface area contributed by atoms with E-state index in [0.29, 0.717) is 25.8 Å². The van der Waals surface area contributed by atoms with Crippen LogP contribution < -0.4 is 11.1 Å². The van der Waals surface area contributed by atoms with Crippen molar-refractivity contribution in [2.45, 2.75) is 51.7 Å². The quantitative estimate of drug-likeness (QED) is 0.641. The molecule has 7 heteroatoms. The van der Waals surface area contributed by atoms with Crippen LogP contribution in [0.3, 0.4) is 0 Å². The van der Waals surface area contributed by atoms with Gasteiger partial charge in [-0.05, 0) is 40.0 Å². The minimum atomic E-state index is -0.995. The third kappa shape index (κ3) is 11.5. The second kappa shape index (κ2) is 8.99. The summed E-state index contributed by atoms with van der Waals surface area (Å²) in [7, 11) is 0. The van der Waals surface area contributed by atoms with E-state index < -0.39 is 23.7 Å². The van der Waals surface area contributed by atoms with Gasteiger partial charge in [0, 0.05) is 6.54 Å². The van der Waals surface area contributed by atoms with Crippen molar-refractivity contribution in [1.82, 2.24) is 5.32 Å². The number of carboxylic acid groups (broad SMARTS) is 1. The van der Waals surface area contributed by atoms with Gasteiger partial charge in [0.05, 0.1) is 0 Å². The van der Waals surface area contributed by atoms with Gasteiger partial charge in [-0.15, -0.1) is 12.4 Å². The lowest BCUT2D eigenvalue weighted by Gasteiger charge is -2.19. The van der Waals surface area contributed by atoms with Gasteiger partial charge in [0.2, 0.25) is 0 Å². The van der Waals surface area contributed by atoms with Crippen molar-refractivity contribution < 1.29 is 19.4 Å². The molecule has 6 nitrogen and oxygen atoms in total. The first-order valence-electron chi connectivity index (χ1n) is 5.67. The van der Waals surface area contributed by atoms with Crippen molar-refractivity contribution in [3.63, 3.8) is 0 Å². The molecule has 18 heavy (non-hydrogen) atoms. The first-order chi connectivity index (χ1) is 7.72. The van der Waals surface area contributed by atoms with Crippen LogP contribution >= 0.6 is 12.4 Å². The summed E-state index contributed by atoms with van der Waals surface area (Å²) in [5.74, 6) is -0.995. The minimum Gasteiger partial charge on any atom is -0.480 e. The van der Waals surface area contributed by atoms with Gasteiger partial charge in [0.1, 0.15) is 11.6 Å². The fourth-order valence-electron chi connectivity index (χ4n) is 1.12. The Hall–Kier alpha value is -1.01. The van der Waals surface area contributed by atoms with Crippen molar-refractivity contribution in [2.24, 2.45) is 5.73 Å². The number of nitrogens with two attached hydrogens (primary N) is 1. The Morgan fingerprint density at radius 3 is 2.33 bits per heavy atom. The number of carbonyl (C=O) groups excluding carboxylic acids is 1. The number of alkyl carbamates (subject to hydrolysis) is 1. The molecule has 0 heterocycles. The highest BCUT2D eigenvalue weighted by atomic mass is 35.5. The third-order valence-corrected chi connectivity index (χ3v) is 1.93. The van der Waals surface area contributed by atoms with Crippen LogP contribution in [-0.4, -0.2) is 35.4 Å². The summed E-state index contributed by atoms with van der Waals surface area (Å²) in [6.07, 6.45) is 1.29. The van der Waals surface area contributed by atoms with E-state index in [1.165, 1.54) is 0 Å². The van der Waals surface area contributed by atoms with Crippen LogP contribution in [0.4, 0.5) is 4.79 Å². The molecular weight excluding hydrogens is 260 g/mol. The van der Waals surface area contributed by atoms with Crippen LogP contribution in [0, 0.1) is 0 Å². The maximum atomic E-state index is 11.2. The van der Waals surface area contributed by atoms with E-state index in [1.807, 2.05) is 0 Å². The average molecular weight is 283 g/mol. The van der Waals surface area contributed by atoms with Gasteiger partial charge in [0.25, 0.3) is 0 Å². The van der Waals surface area contributed by atoms with E-state index in [-0.39, 0.29) is 12.4 Å². The maximum absolute atomic E-state index is 11.2. The number of ether oxygens (including phenoxy) is 1. The summed E-state index contributed by atoms with van der Waals surface area (Å²) in [6.45, 7) is 5.83. The molecule has 0 fully saturated rings. The molecule has 0 aromatic carbocycles. The molecule has 0 aliphatic carbocycles. The number of rotatable bonds is 6. The molecule has 0 bridgehead atoms. The molecule has 0 saturated carbocycles. The normalized spacial score (nSPS) is 12.2. The van der Waals surface area contributed by atoms with Crippen LogP contribution in [-0.2, 0) is 9.53 Å². The van der Waals surface area contributed by atoms with Crippen molar-refractivity contribution in [2.75, 3.05) is 6.54 Å². The highest BCUT2D eigenvalue weighted by molar-refractivity contribution is 5.85. The van der Waals surface area contributed by atoms with Gasteiger partial charge in [-0.1, -0.05) is 0 Å².